The van der Waals surface area contributed by atoms with Gasteiger partial charge in [0, 0.05) is 17.7 Å². The van der Waals surface area contributed by atoms with E-state index in [1.54, 1.807) is 30.3 Å². The fourth-order valence-corrected chi connectivity index (χ4v) is 3.21. The molecule has 1 amide bonds. The molecule has 2 N–H and O–H groups in total. The first-order valence-electron chi connectivity index (χ1n) is 8.63. The fourth-order valence-electron chi connectivity index (χ4n) is 3.21. The van der Waals surface area contributed by atoms with E-state index in [4.69, 9.17) is 5.11 Å². The van der Waals surface area contributed by atoms with Gasteiger partial charge in [0.2, 0.25) is 0 Å². The highest BCUT2D eigenvalue weighted by molar-refractivity contribution is 6.46. The van der Waals surface area contributed by atoms with Crippen molar-refractivity contribution in [2.24, 2.45) is 0 Å². The number of hydrogen-bond donors (Lipinski definition) is 2. The van der Waals surface area contributed by atoms with Crippen molar-refractivity contribution in [3.63, 3.8) is 0 Å². The number of aliphatic hydroxyl groups is 1. The Hall–Kier alpha value is -3.48. The smallest absolute Gasteiger partial charge is 0.305 e. The summed E-state index contributed by atoms with van der Waals surface area (Å²) >= 11 is 0. The molecule has 1 atom stereocenters. The zero-order chi connectivity index (χ0) is 20.4. The van der Waals surface area contributed by atoms with Gasteiger partial charge in [0.15, 0.2) is 0 Å². The van der Waals surface area contributed by atoms with Crippen molar-refractivity contribution in [3.05, 3.63) is 76.6 Å². The van der Waals surface area contributed by atoms with E-state index < -0.39 is 41.7 Å². The van der Waals surface area contributed by atoms with Crippen LogP contribution < -0.4 is 0 Å². The van der Waals surface area contributed by atoms with Gasteiger partial charge in [-0.1, -0.05) is 48.0 Å². The van der Waals surface area contributed by atoms with E-state index in [9.17, 15) is 23.9 Å². The molecule has 2 aromatic carbocycles. The largest absolute Gasteiger partial charge is 0.507 e. The summed E-state index contributed by atoms with van der Waals surface area (Å²) in [6, 6.07) is 11.0. The van der Waals surface area contributed by atoms with Crippen molar-refractivity contribution in [2.45, 2.75) is 19.4 Å². The van der Waals surface area contributed by atoms with E-state index in [0.29, 0.717) is 5.56 Å². The molecule has 144 valence electrons. The number of aliphatic carboxylic acids is 1. The summed E-state index contributed by atoms with van der Waals surface area (Å²) in [6.07, 6.45) is -0.414. The van der Waals surface area contributed by atoms with Gasteiger partial charge >= 0.3 is 5.97 Å². The molecular weight excluding hydrogens is 365 g/mol. The zero-order valence-corrected chi connectivity index (χ0v) is 15.1. The van der Waals surface area contributed by atoms with Crippen molar-refractivity contribution >= 4 is 23.4 Å². The maximum absolute atomic E-state index is 14.5. The molecule has 7 heteroatoms. The number of carboxylic acids is 1. The minimum atomic E-state index is -1.21. The molecule has 1 aliphatic rings. The van der Waals surface area contributed by atoms with Crippen LogP contribution in [0.25, 0.3) is 5.76 Å². The van der Waals surface area contributed by atoms with Gasteiger partial charge in [-0.05, 0) is 13.0 Å². The molecule has 28 heavy (non-hydrogen) atoms. The van der Waals surface area contributed by atoms with Crippen molar-refractivity contribution in [3.8, 4) is 0 Å². The summed E-state index contributed by atoms with van der Waals surface area (Å²) in [4.78, 5) is 37.1. The molecule has 2 aromatic rings. The maximum Gasteiger partial charge on any atom is 0.305 e. The molecule has 0 saturated carbocycles. The van der Waals surface area contributed by atoms with E-state index in [-0.39, 0.29) is 17.7 Å². The lowest BCUT2D eigenvalue weighted by Crippen LogP contribution is -2.32. The standard InChI is InChI=1S/C21H18FNO5/c1-12-6-8-13(9-7-12)19(26)17-18(14-4-2-3-5-15(14)22)23(11-10-16(24)25)21(28)20(17)27/h2-9,18,26H,10-11H2,1H3,(H,24,25)/b19-17+. The molecule has 0 spiro atoms. The van der Waals surface area contributed by atoms with Gasteiger partial charge in [-0.3, -0.25) is 14.4 Å². The Morgan fingerprint density at radius 1 is 1.07 bits per heavy atom. The van der Waals surface area contributed by atoms with Crippen LogP contribution in [0.3, 0.4) is 0 Å². The number of carbonyl (C=O) groups excluding carboxylic acids is 2. The maximum atomic E-state index is 14.5. The van der Waals surface area contributed by atoms with E-state index in [2.05, 4.69) is 0 Å². The van der Waals surface area contributed by atoms with E-state index in [1.807, 2.05) is 6.92 Å². The van der Waals surface area contributed by atoms with E-state index in [1.165, 1.54) is 18.2 Å². The molecule has 0 radical (unpaired) electrons. The number of carbonyl (C=O) groups is 3. The summed E-state index contributed by atoms with van der Waals surface area (Å²) < 4.78 is 14.5. The number of amides is 1. The third-order valence-corrected chi connectivity index (χ3v) is 4.63. The Morgan fingerprint density at radius 2 is 1.71 bits per heavy atom. The van der Waals surface area contributed by atoms with Crippen molar-refractivity contribution < 1.29 is 29.0 Å². The number of carboxylic acid groups (broad SMARTS) is 1. The molecular formula is C21H18FNO5. The van der Waals surface area contributed by atoms with E-state index in [0.717, 1.165) is 10.5 Å². The number of hydrogen-bond acceptors (Lipinski definition) is 4. The predicted molar refractivity (Wildman–Crippen MR) is 98.8 cm³/mol. The van der Waals surface area contributed by atoms with Crippen LogP contribution in [-0.4, -0.2) is 39.3 Å². The molecule has 1 saturated heterocycles. The first-order chi connectivity index (χ1) is 13.3. The molecule has 1 heterocycles. The summed E-state index contributed by atoms with van der Waals surface area (Å²) in [7, 11) is 0. The highest BCUT2D eigenvalue weighted by atomic mass is 19.1. The highest BCUT2D eigenvalue weighted by Crippen LogP contribution is 2.40. The molecule has 0 aliphatic carbocycles. The van der Waals surface area contributed by atoms with Gasteiger partial charge < -0.3 is 15.1 Å². The Bertz CT molecular complexity index is 981. The van der Waals surface area contributed by atoms with Crippen LogP contribution in [0, 0.1) is 12.7 Å². The quantitative estimate of drug-likeness (QED) is 0.470. The summed E-state index contributed by atoms with van der Waals surface area (Å²) in [6.45, 7) is 1.57. The molecule has 1 aliphatic heterocycles. The number of benzene rings is 2. The van der Waals surface area contributed by atoms with Gasteiger partial charge in [0.25, 0.3) is 11.7 Å². The minimum Gasteiger partial charge on any atom is -0.507 e. The number of halogens is 1. The van der Waals surface area contributed by atoms with Gasteiger partial charge in [0.1, 0.15) is 11.6 Å². The highest BCUT2D eigenvalue weighted by Gasteiger charge is 2.46. The number of aryl methyl sites for hydroxylation is 1. The Morgan fingerprint density at radius 3 is 2.32 bits per heavy atom. The summed E-state index contributed by atoms with van der Waals surface area (Å²) in [5.74, 6) is -4.19. The average molecular weight is 383 g/mol. The first-order valence-corrected chi connectivity index (χ1v) is 8.63. The zero-order valence-electron chi connectivity index (χ0n) is 15.1. The fraction of sp³-hybridized carbons (Fsp3) is 0.190. The third-order valence-electron chi connectivity index (χ3n) is 4.63. The monoisotopic (exact) mass is 383 g/mol. The first kappa shape index (κ1) is 19.3. The van der Waals surface area contributed by atoms with Crippen molar-refractivity contribution in [1.82, 2.24) is 4.90 Å². The van der Waals surface area contributed by atoms with Crippen LogP contribution in [0.15, 0.2) is 54.1 Å². The second kappa shape index (κ2) is 7.64. The number of Topliss-reactive ketones (excluding diaryl/α,β-unsaturated/α-hetero) is 1. The second-order valence-corrected chi connectivity index (χ2v) is 6.52. The van der Waals surface area contributed by atoms with Gasteiger partial charge in [-0.2, -0.15) is 0 Å². The van der Waals surface area contributed by atoms with Crippen LogP contribution in [0.4, 0.5) is 4.39 Å². The molecule has 6 nitrogen and oxygen atoms in total. The lowest BCUT2D eigenvalue weighted by molar-refractivity contribution is -0.142. The van der Waals surface area contributed by atoms with Gasteiger partial charge in [-0.15, -0.1) is 0 Å². The average Bonchev–Trinajstić information content (AvgIpc) is 2.91. The third kappa shape index (κ3) is 3.51. The lowest BCUT2D eigenvalue weighted by Gasteiger charge is -2.25. The van der Waals surface area contributed by atoms with Gasteiger partial charge in [-0.25, -0.2) is 4.39 Å². The number of likely N-dealkylation sites (tertiary alicyclic amines) is 1. The minimum absolute atomic E-state index is 0.0146. The predicted octanol–water partition coefficient (Wildman–Crippen LogP) is 3.03. The number of aliphatic hydroxyl groups excluding tert-OH is 1. The molecule has 0 aromatic heterocycles. The number of nitrogens with zero attached hydrogens (tertiary/aromatic N) is 1. The summed E-state index contributed by atoms with van der Waals surface area (Å²) in [5.41, 5.74) is 0.998. The Balaban J connectivity index is 2.18. The van der Waals surface area contributed by atoms with Crippen molar-refractivity contribution in [1.29, 1.82) is 0 Å². The molecule has 0 bridgehead atoms. The summed E-state index contributed by atoms with van der Waals surface area (Å²) in [5, 5.41) is 19.7. The second-order valence-electron chi connectivity index (χ2n) is 6.52. The van der Waals surface area contributed by atoms with Crippen LogP contribution in [0.5, 0.6) is 0 Å². The number of rotatable bonds is 5. The van der Waals surface area contributed by atoms with Crippen LogP contribution in [0.1, 0.15) is 29.2 Å². The topological polar surface area (TPSA) is 94.9 Å². The van der Waals surface area contributed by atoms with E-state index >= 15 is 0 Å². The number of ketones is 1. The van der Waals surface area contributed by atoms with Crippen LogP contribution in [-0.2, 0) is 14.4 Å². The van der Waals surface area contributed by atoms with Crippen LogP contribution >= 0.6 is 0 Å². The molecule has 3 rings (SSSR count). The lowest BCUT2D eigenvalue weighted by atomic mass is 9.94. The Labute approximate surface area is 160 Å². The molecule has 1 unspecified atom stereocenters. The normalized spacial score (nSPS) is 18.5. The van der Waals surface area contributed by atoms with Crippen LogP contribution in [0.2, 0.25) is 0 Å². The van der Waals surface area contributed by atoms with Crippen molar-refractivity contribution in [2.75, 3.05) is 6.54 Å². The SMILES string of the molecule is Cc1ccc(/C(O)=C2\C(=O)C(=O)N(CCC(=O)O)C2c2ccccc2F)cc1. The Kier molecular flexibility index (Phi) is 5.26. The van der Waals surface area contributed by atoms with Gasteiger partial charge in [0.05, 0.1) is 18.0 Å². The molecule has 1 fully saturated rings.